The second-order valence-corrected chi connectivity index (χ2v) is 6.37. The zero-order chi connectivity index (χ0) is 16.1. The van der Waals surface area contributed by atoms with Crippen molar-refractivity contribution in [1.82, 2.24) is 15.1 Å². The Morgan fingerprint density at radius 3 is 2.96 bits per heavy atom. The first-order valence-corrected chi connectivity index (χ1v) is 8.41. The summed E-state index contributed by atoms with van der Waals surface area (Å²) in [6.45, 7) is 2.28. The molecule has 0 spiro atoms. The van der Waals surface area contributed by atoms with E-state index in [1.165, 1.54) is 0 Å². The Hall–Kier alpha value is -1.63. The summed E-state index contributed by atoms with van der Waals surface area (Å²) in [7, 11) is 0. The van der Waals surface area contributed by atoms with E-state index in [9.17, 15) is 0 Å². The maximum atomic E-state index is 5.89. The van der Waals surface area contributed by atoms with E-state index >= 15 is 0 Å². The van der Waals surface area contributed by atoms with Crippen LogP contribution < -0.4 is 10.6 Å². The van der Waals surface area contributed by atoms with Gasteiger partial charge in [-0.2, -0.15) is 5.10 Å². The Labute approximate surface area is 146 Å². The number of nitrogens with one attached hydrogen (secondary N) is 2. The molecule has 0 unspecified atom stereocenters. The van der Waals surface area contributed by atoms with Gasteiger partial charge < -0.3 is 15.4 Å². The third-order valence-corrected chi connectivity index (χ3v) is 4.16. The van der Waals surface area contributed by atoms with Crippen molar-refractivity contribution in [3.8, 4) is 0 Å². The van der Waals surface area contributed by atoms with Gasteiger partial charge in [-0.25, -0.2) is 0 Å². The fourth-order valence-electron chi connectivity index (χ4n) is 2.48. The van der Waals surface area contributed by atoms with Gasteiger partial charge in [-0.15, -0.1) is 0 Å². The van der Waals surface area contributed by atoms with Crippen LogP contribution in [0.3, 0.4) is 0 Å². The fourth-order valence-corrected chi connectivity index (χ4v) is 2.81. The Kier molecular flexibility index (Phi) is 5.48. The molecule has 1 aliphatic rings. The monoisotopic (exact) mass is 350 g/mol. The van der Waals surface area contributed by atoms with Crippen molar-refractivity contribution in [2.24, 2.45) is 0 Å². The van der Waals surface area contributed by atoms with E-state index < -0.39 is 0 Å². The van der Waals surface area contributed by atoms with Crippen LogP contribution in [0.4, 0.5) is 5.69 Å². The smallest absolute Gasteiger partial charge is 0.170 e. The minimum absolute atomic E-state index is 0.266. The second kappa shape index (κ2) is 7.77. The molecule has 1 aromatic carbocycles. The Morgan fingerprint density at radius 2 is 2.22 bits per heavy atom. The molecule has 1 aliphatic heterocycles. The lowest BCUT2D eigenvalue weighted by Gasteiger charge is -2.13. The fraction of sp³-hybridized carbons (Fsp3) is 0.375. The molecule has 2 aromatic rings. The highest BCUT2D eigenvalue weighted by Gasteiger charge is 2.15. The van der Waals surface area contributed by atoms with Gasteiger partial charge in [0, 0.05) is 24.4 Å². The van der Waals surface area contributed by atoms with Gasteiger partial charge in [0.25, 0.3) is 0 Å². The highest BCUT2D eigenvalue weighted by Crippen LogP contribution is 2.13. The average Bonchev–Trinajstić information content (AvgIpc) is 3.20. The molecule has 3 rings (SSSR count). The van der Waals surface area contributed by atoms with Gasteiger partial charge in [0.15, 0.2) is 5.11 Å². The summed E-state index contributed by atoms with van der Waals surface area (Å²) in [6.07, 6.45) is 6.17. The van der Waals surface area contributed by atoms with E-state index in [0.29, 0.717) is 11.7 Å². The summed E-state index contributed by atoms with van der Waals surface area (Å²) in [5, 5.41) is 12.0. The Balaban J connectivity index is 1.48. The highest BCUT2D eigenvalue weighted by atomic mass is 35.5. The number of aromatic nitrogens is 2. The molecule has 0 aliphatic carbocycles. The zero-order valence-electron chi connectivity index (χ0n) is 12.7. The van der Waals surface area contributed by atoms with Crippen LogP contribution in [0.5, 0.6) is 0 Å². The van der Waals surface area contributed by atoms with Gasteiger partial charge in [-0.05, 0) is 42.8 Å². The predicted octanol–water partition coefficient (Wildman–Crippen LogP) is 3.05. The Bertz CT molecular complexity index is 652. The van der Waals surface area contributed by atoms with Gasteiger partial charge in [-0.3, -0.25) is 4.68 Å². The molecule has 0 amide bonds. The maximum absolute atomic E-state index is 5.89. The van der Waals surface area contributed by atoms with Crippen LogP contribution >= 0.6 is 23.8 Å². The van der Waals surface area contributed by atoms with E-state index in [1.54, 1.807) is 6.20 Å². The number of anilines is 1. The van der Waals surface area contributed by atoms with Crippen molar-refractivity contribution in [3.63, 3.8) is 0 Å². The molecule has 122 valence electrons. The SMILES string of the molecule is S=C(NC[C@H]1CCCO1)Nc1cnn(Cc2ccc(Cl)cc2)c1. The summed E-state index contributed by atoms with van der Waals surface area (Å²) >= 11 is 11.2. The molecule has 1 aromatic heterocycles. The van der Waals surface area contributed by atoms with Crippen LogP contribution in [0.1, 0.15) is 18.4 Å². The predicted molar refractivity (Wildman–Crippen MR) is 96.0 cm³/mol. The van der Waals surface area contributed by atoms with E-state index in [0.717, 1.165) is 42.3 Å². The van der Waals surface area contributed by atoms with Crippen LogP contribution in [-0.2, 0) is 11.3 Å². The zero-order valence-corrected chi connectivity index (χ0v) is 14.2. The molecule has 0 bridgehead atoms. The van der Waals surface area contributed by atoms with Gasteiger partial charge in [-0.1, -0.05) is 23.7 Å². The van der Waals surface area contributed by atoms with E-state index in [2.05, 4.69) is 15.7 Å². The normalized spacial score (nSPS) is 17.2. The standard InChI is InChI=1S/C16H19ClN4OS/c17-13-5-3-12(4-6-13)10-21-11-14(8-19-21)20-16(23)18-9-15-2-1-7-22-15/h3-6,8,11,15H,1-2,7,9-10H2,(H2,18,20,23)/t15-/m1/s1. The summed E-state index contributed by atoms with van der Waals surface area (Å²) in [4.78, 5) is 0. The van der Waals surface area contributed by atoms with Crippen molar-refractivity contribution in [1.29, 1.82) is 0 Å². The highest BCUT2D eigenvalue weighted by molar-refractivity contribution is 7.80. The van der Waals surface area contributed by atoms with E-state index in [4.69, 9.17) is 28.6 Å². The van der Waals surface area contributed by atoms with Crippen molar-refractivity contribution >= 4 is 34.6 Å². The topological polar surface area (TPSA) is 51.1 Å². The molecule has 2 N–H and O–H groups in total. The summed E-state index contributed by atoms with van der Waals surface area (Å²) in [5.41, 5.74) is 2.01. The quantitative estimate of drug-likeness (QED) is 0.812. The molecule has 1 atom stereocenters. The van der Waals surface area contributed by atoms with Crippen molar-refractivity contribution in [2.75, 3.05) is 18.5 Å². The van der Waals surface area contributed by atoms with Gasteiger partial charge in [0.2, 0.25) is 0 Å². The number of ether oxygens (including phenoxy) is 1. The van der Waals surface area contributed by atoms with Crippen LogP contribution in [0, 0.1) is 0 Å². The maximum Gasteiger partial charge on any atom is 0.170 e. The van der Waals surface area contributed by atoms with Crippen LogP contribution in [0.15, 0.2) is 36.7 Å². The summed E-state index contributed by atoms with van der Waals surface area (Å²) < 4.78 is 7.41. The molecule has 7 heteroatoms. The molecule has 1 saturated heterocycles. The lowest BCUT2D eigenvalue weighted by Crippen LogP contribution is -2.34. The van der Waals surface area contributed by atoms with E-state index in [-0.39, 0.29) is 6.10 Å². The van der Waals surface area contributed by atoms with Crippen molar-refractivity contribution < 1.29 is 4.74 Å². The van der Waals surface area contributed by atoms with Gasteiger partial charge >= 0.3 is 0 Å². The van der Waals surface area contributed by atoms with Gasteiger partial charge in [0.1, 0.15) is 0 Å². The number of thiocarbonyl (C=S) groups is 1. The number of hydrogen-bond donors (Lipinski definition) is 2. The number of rotatable bonds is 5. The molecule has 23 heavy (non-hydrogen) atoms. The van der Waals surface area contributed by atoms with Crippen LogP contribution in [0.2, 0.25) is 5.02 Å². The number of halogens is 1. The summed E-state index contributed by atoms with van der Waals surface area (Å²) in [5.74, 6) is 0. The van der Waals surface area contributed by atoms with Gasteiger partial charge in [0.05, 0.1) is 24.5 Å². The minimum atomic E-state index is 0.266. The lowest BCUT2D eigenvalue weighted by molar-refractivity contribution is 0.114. The van der Waals surface area contributed by atoms with Crippen molar-refractivity contribution in [2.45, 2.75) is 25.5 Å². The van der Waals surface area contributed by atoms with Crippen LogP contribution in [0.25, 0.3) is 0 Å². The lowest BCUT2D eigenvalue weighted by atomic mass is 10.2. The Morgan fingerprint density at radius 1 is 1.39 bits per heavy atom. The first-order chi connectivity index (χ1) is 11.2. The number of benzene rings is 1. The third kappa shape index (κ3) is 4.92. The molecule has 1 fully saturated rings. The molecular weight excluding hydrogens is 332 g/mol. The molecule has 0 radical (unpaired) electrons. The molecular formula is C16H19ClN4OS. The third-order valence-electron chi connectivity index (χ3n) is 3.66. The average molecular weight is 351 g/mol. The molecule has 2 heterocycles. The number of hydrogen-bond acceptors (Lipinski definition) is 3. The van der Waals surface area contributed by atoms with Crippen LogP contribution in [-0.4, -0.2) is 34.1 Å². The first-order valence-electron chi connectivity index (χ1n) is 7.62. The van der Waals surface area contributed by atoms with Crippen molar-refractivity contribution in [3.05, 3.63) is 47.2 Å². The number of nitrogens with zero attached hydrogens (tertiary/aromatic N) is 2. The minimum Gasteiger partial charge on any atom is -0.376 e. The first kappa shape index (κ1) is 16.2. The van der Waals surface area contributed by atoms with E-state index in [1.807, 2.05) is 35.1 Å². The second-order valence-electron chi connectivity index (χ2n) is 5.52. The molecule has 0 saturated carbocycles. The molecule has 5 nitrogen and oxygen atoms in total. The summed E-state index contributed by atoms with van der Waals surface area (Å²) in [6, 6.07) is 7.74. The largest absolute Gasteiger partial charge is 0.376 e.